The molecule has 1 atom stereocenters. The number of hydroxylamine groups is 1. The molecule has 0 fully saturated rings. The second kappa shape index (κ2) is 6.29. The minimum atomic E-state index is -3.35. The topological polar surface area (TPSA) is 58.6 Å². The van der Waals surface area contributed by atoms with Gasteiger partial charge in [-0.15, -0.1) is 0 Å². The SMILES string of the molecule is CCONC(C)c1ccc(S(=O)(=O)N(C)C)cc1. The Labute approximate surface area is 109 Å². The van der Waals surface area contributed by atoms with E-state index in [1.54, 1.807) is 24.3 Å². The van der Waals surface area contributed by atoms with E-state index in [0.717, 1.165) is 5.56 Å². The van der Waals surface area contributed by atoms with Crippen LogP contribution in [0.15, 0.2) is 29.2 Å². The Kier molecular flexibility index (Phi) is 5.28. The first-order valence-corrected chi connectivity index (χ1v) is 7.23. The monoisotopic (exact) mass is 272 g/mol. The van der Waals surface area contributed by atoms with Crippen molar-refractivity contribution in [2.75, 3.05) is 20.7 Å². The van der Waals surface area contributed by atoms with Gasteiger partial charge >= 0.3 is 0 Å². The van der Waals surface area contributed by atoms with Gasteiger partial charge in [-0.2, -0.15) is 5.48 Å². The molecule has 5 nitrogen and oxygen atoms in total. The third kappa shape index (κ3) is 3.52. The second-order valence-corrected chi connectivity index (χ2v) is 6.28. The average molecular weight is 272 g/mol. The first-order chi connectivity index (χ1) is 8.39. The molecule has 1 N–H and O–H groups in total. The van der Waals surface area contributed by atoms with Crippen LogP contribution in [0.25, 0.3) is 0 Å². The van der Waals surface area contributed by atoms with Crippen molar-refractivity contribution >= 4 is 10.0 Å². The van der Waals surface area contributed by atoms with Crippen molar-refractivity contribution in [1.82, 2.24) is 9.79 Å². The molecule has 0 radical (unpaired) electrons. The maximum atomic E-state index is 11.9. The van der Waals surface area contributed by atoms with Crippen LogP contribution >= 0.6 is 0 Å². The highest BCUT2D eigenvalue weighted by molar-refractivity contribution is 7.89. The van der Waals surface area contributed by atoms with E-state index in [2.05, 4.69) is 5.48 Å². The van der Waals surface area contributed by atoms with E-state index in [-0.39, 0.29) is 6.04 Å². The fraction of sp³-hybridized carbons (Fsp3) is 0.500. The molecule has 0 aliphatic carbocycles. The summed E-state index contributed by atoms with van der Waals surface area (Å²) in [6.45, 7) is 4.43. The van der Waals surface area contributed by atoms with E-state index < -0.39 is 10.0 Å². The molecule has 0 heterocycles. The van der Waals surface area contributed by atoms with Crippen molar-refractivity contribution < 1.29 is 13.3 Å². The van der Waals surface area contributed by atoms with Crippen molar-refractivity contribution in [3.05, 3.63) is 29.8 Å². The second-order valence-electron chi connectivity index (χ2n) is 4.13. The summed E-state index contributed by atoms with van der Waals surface area (Å²) < 4.78 is 24.9. The summed E-state index contributed by atoms with van der Waals surface area (Å²) in [5.41, 5.74) is 3.84. The molecule has 18 heavy (non-hydrogen) atoms. The van der Waals surface area contributed by atoms with Gasteiger partial charge in [-0.05, 0) is 31.5 Å². The fourth-order valence-corrected chi connectivity index (χ4v) is 2.32. The van der Waals surface area contributed by atoms with Gasteiger partial charge < -0.3 is 4.84 Å². The molecule has 0 amide bonds. The lowest BCUT2D eigenvalue weighted by atomic mass is 10.1. The molecule has 0 saturated heterocycles. The molecule has 0 aliphatic rings. The molecule has 102 valence electrons. The van der Waals surface area contributed by atoms with E-state index in [9.17, 15) is 8.42 Å². The molecule has 0 aliphatic heterocycles. The van der Waals surface area contributed by atoms with Gasteiger partial charge in [-0.1, -0.05) is 12.1 Å². The summed E-state index contributed by atoms with van der Waals surface area (Å²) in [6.07, 6.45) is 0. The van der Waals surface area contributed by atoms with E-state index >= 15 is 0 Å². The number of nitrogens with one attached hydrogen (secondary N) is 1. The van der Waals surface area contributed by atoms with Crippen LogP contribution in [0.3, 0.4) is 0 Å². The fourth-order valence-electron chi connectivity index (χ4n) is 1.42. The Morgan fingerprint density at radius 3 is 2.28 bits per heavy atom. The predicted octanol–water partition coefficient (Wildman–Crippen LogP) is 1.54. The molecule has 0 saturated carbocycles. The van der Waals surface area contributed by atoms with Gasteiger partial charge in [-0.3, -0.25) is 0 Å². The molecule has 0 bridgehead atoms. The highest BCUT2D eigenvalue weighted by atomic mass is 32.2. The maximum absolute atomic E-state index is 11.9. The molecule has 0 spiro atoms. The normalized spacial score (nSPS) is 13.8. The minimum Gasteiger partial charge on any atom is -0.302 e. The van der Waals surface area contributed by atoms with Gasteiger partial charge in [0.05, 0.1) is 17.5 Å². The first-order valence-electron chi connectivity index (χ1n) is 5.79. The van der Waals surface area contributed by atoms with Crippen LogP contribution in [0.5, 0.6) is 0 Å². The van der Waals surface area contributed by atoms with Crippen LogP contribution in [0, 0.1) is 0 Å². The van der Waals surface area contributed by atoms with Gasteiger partial charge in [-0.25, -0.2) is 12.7 Å². The number of nitrogens with zero attached hydrogens (tertiary/aromatic N) is 1. The quantitative estimate of drug-likeness (QED) is 0.798. The van der Waals surface area contributed by atoms with Crippen molar-refractivity contribution in [2.45, 2.75) is 24.8 Å². The minimum absolute atomic E-state index is 0.0149. The van der Waals surface area contributed by atoms with Gasteiger partial charge in [0, 0.05) is 14.1 Å². The van der Waals surface area contributed by atoms with Gasteiger partial charge in [0.15, 0.2) is 0 Å². The highest BCUT2D eigenvalue weighted by Gasteiger charge is 2.17. The predicted molar refractivity (Wildman–Crippen MR) is 70.5 cm³/mol. The Balaban J connectivity index is 2.87. The van der Waals surface area contributed by atoms with Crippen molar-refractivity contribution in [3.63, 3.8) is 0 Å². The Hall–Kier alpha value is -0.950. The van der Waals surface area contributed by atoms with Crippen LogP contribution < -0.4 is 5.48 Å². The summed E-state index contributed by atoms with van der Waals surface area (Å²) in [6, 6.07) is 6.80. The third-order valence-electron chi connectivity index (χ3n) is 2.56. The van der Waals surface area contributed by atoms with Crippen LogP contribution in [-0.4, -0.2) is 33.4 Å². The summed E-state index contributed by atoms with van der Waals surface area (Å²) >= 11 is 0. The highest BCUT2D eigenvalue weighted by Crippen LogP contribution is 2.17. The molecule has 0 aromatic heterocycles. The number of hydrogen-bond donors (Lipinski definition) is 1. The van der Waals surface area contributed by atoms with Gasteiger partial charge in [0.2, 0.25) is 10.0 Å². The lowest BCUT2D eigenvalue weighted by Crippen LogP contribution is -2.22. The lowest BCUT2D eigenvalue weighted by Gasteiger charge is -2.15. The zero-order valence-corrected chi connectivity index (χ0v) is 12.0. The largest absolute Gasteiger partial charge is 0.302 e. The molecule has 1 aromatic rings. The first kappa shape index (κ1) is 15.1. The number of rotatable bonds is 6. The molecule has 1 rings (SSSR count). The average Bonchev–Trinajstić information content (AvgIpc) is 2.35. The maximum Gasteiger partial charge on any atom is 0.242 e. The van der Waals surface area contributed by atoms with Crippen LogP contribution in [0.2, 0.25) is 0 Å². The summed E-state index contributed by atoms with van der Waals surface area (Å²) in [4.78, 5) is 5.40. The van der Waals surface area contributed by atoms with Crippen molar-refractivity contribution in [2.24, 2.45) is 0 Å². The standard InChI is InChI=1S/C12H20N2O3S/c1-5-17-13-10(2)11-6-8-12(9-7-11)18(15,16)14(3)4/h6-10,13H,5H2,1-4H3. The van der Waals surface area contributed by atoms with E-state index in [1.165, 1.54) is 18.4 Å². The molecular formula is C12H20N2O3S. The zero-order valence-electron chi connectivity index (χ0n) is 11.2. The Bertz CT molecular complexity index is 469. The third-order valence-corrected chi connectivity index (χ3v) is 4.39. The smallest absolute Gasteiger partial charge is 0.242 e. The number of sulfonamides is 1. The summed E-state index contributed by atoms with van der Waals surface area (Å²) in [7, 11) is -0.322. The summed E-state index contributed by atoms with van der Waals surface area (Å²) in [5, 5.41) is 0. The van der Waals surface area contributed by atoms with Crippen LogP contribution in [0.4, 0.5) is 0 Å². The molecule has 1 aromatic carbocycles. The summed E-state index contributed by atoms with van der Waals surface area (Å²) in [5.74, 6) is 0. The lowest BCUT2D eigenvalue weighted by molar-refractivity contribution is 0.0285. The van der Waals surface area contributed by atoms with E-state index in [0.29, 0.717) is 11.5 Å². The number of hydrogen-bond acceptors (Lipinski definition) is 4. The Morgan fingerprint density at radius 2 is 1.83 bits per heavy atom. The molecular weight excluding hydrogens is 252 g/mol. The van der Waals surface area contributed by atoms with Crippen LogP contribution in [0.1, 0.15) is 25.5 Å². The molecule has 6 heteroatoms. The van der Waals surface area contributed by atoms with Crippen LogP contribution in [-0.2, 0) is 14.9 Å². The van der Waals surface area contributed by atoms with Gasteiger partial charge in [0.25, 0.3) is 0 Å². The van der Waals surface area contributed by atoms with Crippen molar-refractivity contribution in [3.8, 4) is 0 Å². The number of benzene rings is 1. The molecule has 1 unspecified atom stereocenters. The van der Waals surface area contributed by atoms with Gasteiger partial charge in [0.1, 0.15) is 0 Å². The van der Waals surface area contributed by atoms with E-state index in [4.69, 9.17) is 4.84 Å². The van der Waals surface area contributed by atoms with Crippen molar-refractivity contribution in [1.29, 1.82) is 0 Å². The zero-order chi connectivity index (χ0) is 13.8. The Morgan fingerprint density at radius 1 is 1.28 bits per heavy atom. The van der Waals surface area contributed by atoms with E-state index in [1.807, 2.05) is 13.8 Å².